The lowest BCUT2D eigenvalue weighted by Gasteiger charge is -2.60. The van der Waals surface area contributed by atoms with Gasteiger partial charge in [0.15, 0.2) is 0 Å². The van der Waals surface area contributed by atoms with Crippen LogP contribution in [-0.2, 0) is 14.4 Å². The molecule has 0 aliphatic heterocycles. The molecule has 6 heteroatoms. The molecule has 17 heavy (non-hydrogen) atoms. The number of ether oxygens (including phenoxy) is 1. The van der Waals surface area contributed by atoms with Gasteiger partial charge in [-0.3, -0.25) is 0 Å². The van der Waals surface area contributed by atoms with E-state index in [-0.39, 0.29) is 28.8 Å². The number of carbonyl (C=O) groups excluding carboxylic acids is 2. The van der Waals surface area contributed by atoms with Gasteiger partial charge in [-0.2, -0.15) is 5.90 Å². The molecule has 6 unspecified atom stereocenters. The van der Waals surface area contributed by atoms with Gasteiger partial charge in [0.2, 0.25) is 0 Å². The summed E-state index contributed by atoms with van der Waals surface area (Å²) in [4.78, 5) is 27.0. The Labute approximate surface area is 97.5 Å². The summed E-state index contributed by atoms with van der Waals surface area (Å²) >= 11 is 0. The number of rotatable bonds is 2. The lowest BCUT2D eigenvalue weighted by molar-refractivity contribution is -0.186. The molecule has 92 valence electrons. The largest absolute Gasteiger partial charge is 0.446 e. The molecule has 6 atom stereocenters. The van der Waals surface area contributed by atoms with Crippen LogP contribution in [0.2, 0.25) is 0 Å². The van der Waals surface area contributed by atoms with Crippen LogP contribution in [0.15, 0.2) is 0 Å². The second kappa shape index (κ2) is 2.43. The summed E-state index contributed by atoms with van der Waals surface area (Å²) in [5, 5.41) is 0. The standard InChI is InChI=1S/C11H14N2O4/c12-9(15)16-7-4-1-10-3-11(10,8(14)17-13)2-5(7)6(4)10/h4-7H,1-3,13H2,(H2,12,15). The summed E-state index contributed by atoms with van der Waals surface area (Å²) in [6, 6.07) is 0. The summed E-state index contributed by atoms with van der Waals surface area (Å²) in [7, 11) is 0. The zero-order chi connectivity index (χ0) is 12.0. The van der Waals surface area contributed by atoms with Gasteiger partial charge in [0.25, 0.3) is 0 Å². The number of hydrogen-bond acceptors (Lipinski definition) is 5. The van der Waals surface area contributed by atoms with Crippen LogP contribution in [0.5, 0.6) is 0 Å². The number of amides is 1. The fraction of sp³-hybridized carbons (Fsp3) is 0.818. The van der Waals surface area contributed by atoms with Crippen LogP contribution in [0.3, 0.4) is 0 Å². The van der Waals surface area contributed by atoms with Crippen LogP contribution in [0.25, 0.3) is 0 Å². The van der Waals surface area contributed by atoms with Gasteiger partial charge in [0.1, 0.15) is 6.10 Å². The Morgan fingerprint density at radius 3 is 2.59 bits per heavy atom. The molecule has 4 aliphatic rings. The first-order chi connectivity index (χ1) is 8.06. The Kier molecular flexibility index (Phi) is 1.39. The van der Waals surface area contributed by atoms with E-state index in [1.54, 1.807) is 0 Å². The summed E-state index contributed by atoms with van der Waals surface area (Å²) in [5.74, 6) is 5.93. The molecule has 6 nitrogen and oxygen atoms in total. The fourth-order valence-corrected chi connectivity index (χ4v) is 5.26. The van der Waals surface area contributed by atoms with Crippen LogP contribution in [-0.4, -0.2) is 18.2 Å². The lowest BCUT2D eigenvalue weighted by atomic mass is 9.46. The van der Waals surface area contributed by atoms with Crippen molar-refractivity contribution in [1.29, 1.82) is 0 Å². The van der Waals surface area contributed by atoms with Crippen molar-refractivity contribution in [3.05, 3.63) is 0 Å². The van der Waals surface area contributed by atoms with Crippen molar-refractivity contribution in [2.24, 2.45) is 40.2 Å². The van der Waals surface area contributed by atoms with E-state index in [9.17, 15) is 9.59 Å². The highest BCUT2D eigenvalue weighted by Crippen LogP contribution is 2.91. The van der Waals surface area contributed by atoms with Crippen molar-refractivity contribution < 1.29 is 19.2 Å². The van der Waals surface area contributed by atoms with Gasteiger partial charge in [0, 0.05) is 11.8 Å². The minimum absolute atomic E-state index is 0.0848. The van der Waals surface area contributed by atoms with E-state index >= 15 is 0 Å². The van der Waals surface area contributed by atoms with Crippen LogP contribution >= 0.6 is 0 Å². The second-order valence-corrected chi connectivity index (χ2v) is 5.98. The first kappa shape index (κ1) is 9.70. The maximum absolute atomic E-state index is 11.8. The molecule has 0 radical (unpaired) electrons. The van der Waals surface area contributed by atoms with Crippen molar-refractivity contribution >= 4 is 12.1 Å². The predicted octanol–water partition coefficient (Wildman–Crippen LogP) is -0.0867. The monoisotopic (exact) mass is 238 g/mol. The third-order valence-corrected chi connectivity index (χ3v) is 5.78. The predicted molar refractivity (Wildman–Crippen MR) is 53.9 cm³/mol. The smallest absolute Gasteiger partial charge is 0.404 e. The summed E-state index contributed by atoms with van der Waals surface area (Å²) in [6.45, 7) is 0. The fourth-order valence-electron chi connectivity index (χ4n) is 5.26. The number of primary amides is 1. The van der Waals surface area contributed by atoms with E-state index in [1.807, 2.05) is 0 Å². The Bertz CT molecular complexity index is 453. The zero-order valence-electron chi connectivity index (χ0n) is 9.22. The molecular formula is C11H14N2O4. The summed E-state index contributed by atoms with van der Waals surface area (Å²) in [5.41, 5.74) is 4.81. The first-order valence-electron chi connectivity index (χ1n) is 5.93. The average molecular weight is 238 g/mol. The van der Waals surface area contributed by atoms with Crippen LogP contribution in [0.1, 0.15) is 19.3 Å². The van der Waals surface area contributed by atoms with Gasteiger partial charge >= 0.3 is 12.1 Å². The third kappa shape index (κ3) is 0.764. The van der Waals surface area contributed by atoms with Crippen molar-refractivity contribution in [3.63, 3.8) is 0 Å². The topological polar surface area (TPSA) is 105 Å². The molecule has 4 saturated carbocycles. The summed E-state index contributed by atoms with van der Waals surface area (Å²) in [6.07, 6.45) is 1.78. The molecule has 0 aromatic rings. The molecule has 0 aromatic carbocycles. The van der Waals surface area contributed by atoms with Gasteiger partial charge in [-0.15, -0.1) is 0 Å². The van der Waals surface area contributed by atoms with Gasteiger partial charge in [-0.1, -0.05) is 0 Å². The molecule has 0 saturated heterocycles. The lowest BCUT2D eigenvalue weighted by Crippen LogP contribution is -2.62. The normalized spacial score (nSPS) is 55.8. The molecule has 4 aliphatic carbocycles. The van der Waals surface area contributed by atoms with E-state index in [2.05, 4.69) is 4.84 Å². The molecule has 0 heterocycles. The minimum atomic E-state index is -0.717. The highest BCUT2D eigenvalue weighted by Gasteiger charge is 2.91. The van der Waals surface area contributed by atoms with Gasteiger partial charge in [0.05, 0.1) is 5.41 Å². The molecule has 4 rings (SSSR count). The van der Waals surface area contributed by atoms with Crippen molar-refractivity contribution in [2.75, 3.05) is 0 Å². The molecule has 4 fully saturated rings. The van der Waals surface area contributed by atoms with E-state index in [0.29, 0.717) is 11.8 Å². The van der Waals surface area contributed by atoms with Gasteiger partial charge in [-0.25, -0.2) is 9.59 Å². The van der Waals surface area contributed by atoms with E-state index in [1.165, 1.54) is 0 Å². The number of carbonyl (C=O) groups is 2. The maximum atomic E-state index is 11.8. The van der Waals surface area contributed by atoms with Gasteiger partial charge in [-0.05, 0) is 30.6 Å². The molecule has 4 N–H and O–H groups in total. The maximum Gasteiger partial charge on any atom is 0.404 e. The zero-order valence-corrected chi connectivity index (χ0v) is 9.22. The Morgan fingerprint density at radius 2 is 1.94 bits per heavy atom. The Morgan fingerprint density at radius 1 is 1.24 bits per heavy atom. The molecule has 1 spiro atoms. The minimum Gasteiger partial charge on any atom is -0.446 e. The molecule has 0 bridgehead atoms. The second-order valence-electron chi connectivity index (χ2n) is 5.98. The third-order valence-electron chi connectivity index (χ3n) is 5.78. The quantitative estimate of drug-likeness (QED) is 0.654. The summed E-state index contributed by atoms with van der Waals surface area (Å²) < 4.78 is 5.13. The van der Waals surface area contributed by atoms with Crippen LogP contribution in [0, 0.1) is 28.6 Å². The van der Waals surface area contributed by atoms with Crippen LogP contribution in [0.4, 0.5) is 4.79 Å². The molecule has 1 amide bonds. The molecule has 0 aromatic heterocycles. The number of hydrogen-bond donors (Lipinski definition) is 2. The average Bonchev–Trinajstić information content (AvgIpc) is 2.90. The van der Waals surface area contributed by atoms with Crippen LogP contribution < -0.4 is 11.6 Å². The Hall–Kier alpha value is -1.30. The van der Waals surface area contributed by atoms with Crippen molar-refractivity contribution in [3.8, 4) is 0 Å². The van der Waals surface area contributed by atoms with E-state index < -0.39 is 6.09 Å². The first-order valence-corrected chi connectivity index (χ1v) is 5.93. The SMILES string of the molecule is NOC(=O)C12CC3C(OC(N)=O)C4CC1(C2)C34. The number of nitrogens with two attached hydrogens (primary N) is 2. The van der Waals surface area contributed by atoms with Gasteiger partial charge < -0.3 is 15.3 Å². The van der Waals surface area contributed by atoms with E-state index in [0.717, 1.165) is 19.3 Å². The highest BCUT2D eigenvalue weighted by molar-refractivity contribution is 5.84. The Balaban J connectivity index is 1.59. The van der Waals surface area contributed by atoms with E-state index in [4.69, 9.17) is 16.4 Å². The van der Waals surface area contributed by atoms with Crippen molar-refractivity contribution in [2.45, 2.75) is 25.4 Å². The molecular weight excluding hydrogens is 224 g/mol. The van der Waals surface area contributed by atoms with Crippen molar-refractivity contribution in [1.82, 2.24) is 0 Å². The highest BCUT2D eigenvalue weighted by atomic mass is 16.7.